The van der Waals surface area contributed by atoms with Crippen LogP contribution in [0.4, 0.5) is 0 Å². The van der Waals surface area contributed by atoms with Gasteiger partial charge in [-0.1, -0.05) is 48.5 Å². The summed E-state index contributed by atoms with van der Waals surface area (Å²) in [5, 5.41) is 5.08. The van der Waals surface area contributed by atoms with Crippen LogP contribution in [0.1, 0.15) is 65.9 Å². The van der Waals surface area contributed by atoms with Gasteiger partial charge in [0.05, 0.1) is 0 Å². The lowest BCUT2D eigenvalue weighted by molar-refractivity contribution is -0.127. The van der Waals surface area contributed by atoms with Crippen molar-refractivity contribution in [2.24, 2.45) is 0 Å². The lowest BCUT2D eigenvalue weighted by Gasteiger charge is -2.40. The Bertz CT molecular complexity index is 1310. The van der Waals surface area contributed by atoms with Crippen molar-refractivity contribution in [2.75, 3.05) is 13.1 Å². The van der Waals surface area contributed by atoms with Crippen molar-refractivity contribution in [3.8, 4) is 0 Å². The van der Waals surface area contributed by atoms with E-state index in [1.165, 1.54) is 0 Å². The molecule has 2 aliphatic heterocycles. The van der Waals surface area contributed by atoms with E-state index in [0.29, 0.717) is 29.8 Å². The fourth-order valence-electron chi connectivity index (χ4n) is 5.29. The van der Waals surface area contributed by atoms with Gasteiger partial charge < -0.3 is 15.1 Å². The molecule has 2 heterocycles. The largest absolute Gasteiger partial charge is 0.349 e. The molecule has 180 valence electrons. The number of fused-ring (bicyclic) bond motifs is 3. The Balaban J connectivity index is 1.65. The van der Waals surface area contributed by atoms with Crippen LogP contribution in [-0.4, -0.2) is 52.2 Å². The molecule has 2 aliphatic rings. The summed E-state index contributed by atoms with van der Waals surface area (Å²) >= 11 is 0. The summed E-state index contributed by atoms with van der Waals surface area (Å²) in [7, 11) is 0. The van der Waals surface area contributed by atoms with Gasteiger partial charge in [0.2, 0.25) is 5.91 Å². The average molecular weight is 470 g/mol. The summed E-state index contributed by atoms with van der Waals surface area (Å²) < 4.78 is 0. The second kappa shape index (κ2) is 8.84. The predicted molar refractivity (Wildman–Crippen MR) is 136 cm³/mol. The molecule has 35 heavy (non-hydrogen) atoms. The maximum atomic E-state index is 14.1. The van der Waals surface area contributed by atoms with Crippen LogP contribution in [0.5, 0.6) is 0 Å². The van der Waals surface area contributed by atoms with Gasteiger partial charge in [0, 0.05) is 35.8 Å². The van der Waals surface area contributed by atoms with Gasteiger partial charge >= 0.3 is 0 Å². The van der Waals surface area contributed by atoms with Crippen LogP contribution in [0.3, 0.4) is 0 Å². The van der Waals surface area contributed by atoms with E-state index < -0.39 is 11.6 Å². The van der Waals surface area contributed by atoms with Gasteiger partial charge in [0.15, 0.2) is 0 Å². The number of amides is 3. The summed E-state index contributed by atoms with van der Waals surface area (Å²) in [5.41, 5.74) is 1.10. The van der Waals surface area contributed by atoms with E-state index in [1.807, 2.05) is 80.3 Å². The molecular weight excluding hydrogens is 438 g/mol. The zero-order valence-electron chi connectivity index (χ0n) is 20.5. The Hall–Kier alpha value is -3.67. The van der Waals surface area contributed by atoms with Crippen LogP contribution < -0.4 is 5.32 Å². The smallest absolute Gasteiger partial charge is 0.254 e. The number of hydrogen-bond donors (Lipinski definition) is 1. The summed E-state index contributed by atoms with van der Waals surface area (Å²) in [5.74, 6) is -0.548. The van der Waals surface area contributed by atoms with Gasteiger partial charge in [-0.25, -0.2) is 0 Å². The third-order valence-corrected chi connectivity index (χ3v) is 6.85. The van der Waals surface area contributed by atoms with Crippen molar-refractivity contribution in [1.82, 2.24) is 15.1 Å². The van der Waals surface area contributed by atoms with Crippen LogP contribution in [0.15, 0.2) is 66.7 Å². The number of hydrogen-bond acceptors (Lipinski definition) is 3. The first-order chi connectivity index (χ1) is 16.7. The maximum Gasteiger partial charge on any atom is 0.254 e. The van der Waals surface area contributed by atoms with Crippen molar-refractivity contribution < 1.29 is 14.4 Å². The van der Waals surface area contributed by atoms with Gasteiger partial charge in [-0.3, -0.25) is 14.4 Å². The van der Waals surface area contributed by atoms with Crippen LogP contribution in [-0.2, 0) is 4.79 Å². The summed E-state index contributed by atoms with van der Waals surface area (Å²) in [6.45, 7) is 6.72. The standard InChI is InChI=1S/C29H31N3O3/c1-29(2,3)30-26(33)25-23-12-6-7-13-24(23)28(35)31-16-8-11-22(31)18-32(25)27(34)21-15-14-19-9-4-5-10-20(19)17-21/h4-7,9-10,12-15,17,22,25H,8,11,16,18H2,1-3H3,(H,30,33). The van der Waals surface area contributed by atoms with E-state index in [0.717, 1.165) is 23.6 Å². The second-order valence-electron chi connectivity index (χ2n) is 10.5. The molecule has 3 amide bonds. The molecule has 6 heteroatoms. The monoisotopic (exact) mass is 469 g/mol. The van der Waals surface area contributed by atoms with Crippen molar-refractivity contribution in [3.05, 3.63) is 83.4 Å². The number of nitrogens with one attached hydrogen (secondary N) is 1. The van der Waals surface area contributed by atoms with E-state index in [4.69, 9.17) is 0 Å². The molecule has 3 aromatic rings. The number of nitrogens with zero attached hydrogens (tertiary/aromatic N) is 2. The van der Waals surface area contributed by atoms with Crippen LogP contribution >= 0.6 is 0 Å². The molecule has 2 unspecified atom stereocenters. The van der Waals surface area contributed by atoms with Crippen LogP contribution in [0.2, 0.25) is 0 Å². The fraction of sp³-hybridized carbons (Fsp3) is 0.345. The van der Waals surface area contributed by atoms with E-state index in [1.54, 1.807) is 17.0 Å². The van der Waals surface area contributed by atoms with Gasteiger partial charge in [0.1, 0.15) is 6.04 Å². The molecule has 2 atom stereocenters. The van der Waals surface area contributed by atoms with Crippen molar-refractivity contribution in [2.45, 2.75) is 51.2 Å². The van der Waals surface area contributed by atoms with Gasteiger partial charge in [-0.15, -0.1) is 0 Å². The van der Waals surface area contributed by atoms with E-state index >= 15 is 0 Å². The Morgan fingerprint density at radius 1 is 0.943 bits per heavy atom. The molecular formula is C29H31N3O3. The Labute approximate surface area is 205 Å². The second-order valence-corrected chi connectivity index (χ2v) is 10.5. The molecule has 0 aliphatic carbocycles. The first-order valence-corrected chi connectivity index (χ1v) is 12.2. The minimum atomic E-state index is -0.906. The average Bonchev–Trinajstić information content (AvgIpc) is 3.28. The minimum Gasteiger partial charge on any atom is -0.349 e. The third kappa shape index (κ3) is 4.41. The van der Waals surface area contributed by atoms with E-state index in [9.17, 15) is 14.4 Å². The molecule has 0 spiro atoms. The van der Waals surface area contributed by atoms with Crippen molar-refractivity contribution in [1.29, 1.82) is 0 Å². The molecule has 6 nitrogen and oxygen atoms in total. The zero-order chi connectivity index (χ0) is 24.7. The molecule has 0 bridgehead atoms. The minimum absolute atomic E-state index is 0.0607. The highest BCUT2D eigenvalue weighted by Gasteiger charge is 2.42. The van der Waals surface area contributed by atoms with Crippen LogP contribution in [0, 0.1) is 0 Å². The summed E-state index contributed by atoms with van der Waals surface area (Å²) in [6.07, 6.45) is 1.69. The maximum absolute atomic E-state index is 14.1. The lowest BCUT2D eigenvalue weighted by Crippen LogP contribution is -2.54. The quantitative estimate of drug-likeness (QED) is 0.598. The lowest BCUT2D eigenvalue weighted by atomic mass is 9.93. The highest BCUT2D eigenvalue weighted by molar-refractivity contribution is 6.03. The highest BCUT2D eigenvalue weighted by atomic mass is 16.2. The fourth-order valence-corrected chi connectivity index (χ4v) is 5.29. The summed E-state index contributed by atoms with van der Waals surface area (Å²) in [6, 6.07) is 19.8. The molecule has 3 aromatic carbocycles. The molecule has 5 rings (SSSR count). The zero-order valence-corrected chi connectivity index (χ0v) is 20.5. The predicted octanol–water partition coefficient (Wildman–Crippen LogP) is 4.56. The molecule has 0 radical (unpaired) electrons. The SMILES string of the molecule is CC(C)(C)NC(=O)C1c2ccccc2C(=O)N2CCCC2CN1C(=O)c1ccc2ccccc2c1. The number of benzene rings is 3. The molecule has 0 aromatic heterocycles. The third-order valence-electron chi connectivity index (χ3n) is 6.85. The first kappa shape index (κ1) is 23.1. The van der Waals surface area contributed by atoms with E-state index in [-0.39, 0.29) is 23.8 Å². The normalized spacial score (nSPS) is 20.1. The number of carbonyl (C=O) groups is 3. The molecule has 1 fully saturated rings. The van der Waals surface area contributed by atoms with Gasteiger partial charge in [-0.2, -0.15) is 0 Å². The summed E-state index contributed by atoms with van der Waals surface area (Å²) in [4.78, 5) is 44.9. The molecule has 1 N–H and O–H groups in total. The number of rotatable bonds is 2. The highest BCUT2D eigenvalue weighted by Crippen LogP contribution is 2.34. The molecule has 1 saturated heterocycles. The van der Waals surface area contributed by atoms with Gasteiger partial charge in [0.25, 0.3) is 11.8 Å². The van der Waals surface area contributed by atoms with Crippen molar-refractivity contribution >= 4 is 28.5 Å². The number of carbonyl (C=O) groups excluding carboxylic acids is 3. The van der Waals surface area contributed by atoms with Gasteiger partial charge in [-0.05, 0) is 68.1 Å². The van der Waals surface area contributed by atoms with Crippen molar-refractivity contribution in [3.63, 3.8) is 0 Å². The Morgan fingerprint density at radius 2 is 1.66 bits per heavy atom. The molecule has 0 saturated carbocycles. The van der Waals surface area contributed by atoms with E-state index in [2.05, 4.69) is 5.32 Å². The Kier molecular flexibility index (Phi) is 5.83. The Morgan fingerprint density at radius 3 is 2.43 bits per heavy atom. The topological polar surface area (TPSA) is 69.7 Å². The first-order valence-electron chi connectivity index (χ1n) is 12.2. The van der Waals surface area contributed by atoms with Crippen LogP contribution in [0.25, 0.3) is 10.8 Å².